The largest absolute Gasteiger partial charge is 0.478 e. The number of aromatic carboxylic acids is 1. The Morgan fingerprint density at radius 1 is 1.05 bits per heavy atom. The Balaban J connectivity index is 2.16. The number of halogens is 2. The summed E-state index contributed by atoms with van der Waals surface area (Å²) in [6.07, 6.45) is 3.92. The van der Waals surface area contributed by atoms with Crippen molar-refractivity contribution >= 4 is 34.7 Å². The van der Waals surface area contributed by atoms with Crippen LogP contribution in [0.15, 0.2) is 42.5 Å². The Hall–Kier alpha value is -1.77. The van der Waals surface area contributed by atoms with Crippen molar-refractivity contribution in [3.8, 4) is 0 Å². The Morgan fingerprint density at radius 2 is 1.86 bits per heavy atom. The van der Waals surface area contributed by atoms with Crippen LogP contribution >= 0.6 is 23.2 Å². The van der Waals surface area contributed by atoms with Gasteiger partial charge in [0.2, 0.25) is 0 Å². The number of rotatable bonds is 2. The van der Waals surface area contributed by atoms with Gasteiger partial charge in [-0.15, -0.1) is 0 Å². The second-order valence-corrected chi connectivity index (χ2v) is 5.80. The molecule has 0 fully saturated rings. The maximum absolute atomic E-state index is 11.2. The lowest BCUT2D eigenvalue weighted by molar-refractivity contribution is 0.0697. The van der Waals surface area contributed by atoms with Gasteiger partial charge in [-0.25, -0.2) is 4.79 Å². The molecular weight excluding hydrogens is 307 g/mol. The topological polar surface area (TPSA) is 37.3 Å². The van der Waals surface area contributed by atoms with Crippen molar-refractivity contribution in [1.29, 1.82) is 0 Å². The summed E-state index contributed by atoms with van der Waals surface area (Å²) in [6, 6.07) is 10.6. The highest BCUT2D eigenvalue weighted by molar-refractivity contribution is 6.35. The molecule has 21 heavy (non-hydrogen) atoms. The molecule has 0 saturated carbocycles. The fourth-order valence-corrected chi connectivity index (χ4v) is 3.13. The minimum Gasteiger partial charge on any atom is -0.478 e. The van der Waals surface area contributed by atoms with Crippen LogP contribution in [0.3, 0.4) is 0 Å². The zero-order valence-corrected chi connectivity index (χ0v) is 12.6. The quantitative estimate of drug-likeness (QED) is 0.839. The number of aryl methyl sites for hydroxylation is 1. The highest BCUT2D eigenvalue weighted by Gasteiger charge is 2.18. The molecule has 0 aliphatic heterocycles. The smallest absolute Gasteiger partial charge is 0.335 e. The van der Waals surface area contributed by atoms with E-state index in [9.17, 15) is 9.90 Å². The lowest BCUT2D eigenvalue weighted by Gasteiger charge is -2.19. The molecule has 2 nitrogen and oxygen atoms in total. The van der Waals surface area contributed by atoms with Crippen LogP contribution in [-0.2, 0) is 6.42 Å². The van der Waals surface area contributed by atoms with Crippen molar-refractivity contribution < 1.29 is 9.90 Å². The summed E-state index contributed by atoms with van der Waals surface area (Å²) in [7, 11) is 0. The molecule has 1 N–H and O–H groups in total. The first-order valence-electron chi connectivity index (χ1n) is 6.58. The van der Waals surface area contributed by atoms with E-state index in [1.165, 1.54) is 0 Å². The van der Waals surface area contributed by atoms with Gasteiger partial charge in [-0.1, -0.05) is 41.4 Å². The van der Waals surface area contributed by atoms with Crippen LogP contribution in [0, 0.1) is 0 Å². The first kappa shape index (κ1) is 14.2. The van der Waals surface area contributed by atoms with E-state index in [0.29, 0.717) is 10.0 Å². The van der Waals surface area contributed by atoms with E-state index in [2.05, 4.69) is 6.08 Å². The molecule has 0 heterocycles. The van der Waals surface area contributed by atoms with E-state index in [4.69, 9.17) is 23.2 Å². The van der Waals surface area contributed by atoms with Crippen LogP contribution in [0.25, 0.3) is 5.57 Å². The molecule has 0 amide bonds. The van der Waals surface area contributed by atoms with Crippen molar-refractivity contribution in [2.75, 3.05) is 0 Å². The number of fused-ring (bicyclic) bond motifs is 1. The average molecular weight is 319 g/mol. The van der Waals surface area contributed by atoms with Gasteiger partial charge in [-0.3, -0.25) is 0 Å². The standard InChI is InChI=1S/C17H12Cl2O2/c18-12-6-7-14(16(19)9-12)13-3-1-2-10-4-5-11(17(20)21)8-15(10)13/h3-9H,1-2H2,(H,20,21). The Morgan fingerprint density at radius 3 is 2.57 bits per heavy atom. The Kier molecular flexibility index (Phi) is 3.75. The van der Waals surface area contributed by atoms with Crippen LogP contribution in [0.4, 0.5) is 0 Å². The zero-order chi connectivity index (χ0) is 15.0. The lowest BCUT2D eigenvalue weighted by Crippen LogP contribution is -2.05. The van der Waals surface area contributed by atoms with E-state index >= 15 is 0 Å². The summed E-state index contributed by atoms with van der Waals surface area (Å²) in [5.74, 6) is -0.926. The molecule has 2 aromatic rings. The first-order chi connectivity index (χ1) is 10.1. The van der Waals surface area contributed by atoms with Gasteiger partial charge in [0.15, 0.2) is 0 Å². The second-order valence-electron chi connectivity index (χ2n) is 4.96. The molecule has 1 aliphatic rings. The van der Waals surface area contributed by atoms with Crippen molar-refractivity contribution in [1.82, 2.24) is 0 Å². The third-order valence-electron chi connectivity index (χ3n) is 3.63. The third kappa shape index (κ3) is 2.69. The molecule has 0 spiro atoms. The van der Waals surface area contributed by atoms with Gasteiger partial charge in [-0.05, 0) is 53.8 Å². The van der Waals surface area contributed by atoms with Gasteiger partial charge in [0.05, 0.1) is 5.56 Å². The van der Waals surface area contributed by atoms with E-state index < -0.39 is 5.97 Å². The van der Waals surface area contributed by atoms with Gasteiger partial charge in [0.1, 0.15) is 0 Å². The fourth-order valence-electron chi connectivity index (χ4n) is 2.62. The maximum Gasteiger partial charge on any atom is 0.335 e. The maximum atomic E-state index is 11.2. The number of carboxylic acids is 1. The molecule has 0 atom stereocenters. The summed E-state index contributed by atoms with van der Waals surface area (Å²) in [4.78, 5) is 11.2. The molecule has 4 heteroatoms. The lowest BCUT2D eigenvalue weighted by atomic mass is 9.86. The number of hydrogen-bond donors (Lipinski definition) is 1. The highest BCUT2D eigenvalue weighted by atomic mass is 35.5. The minimum atomic E-state index is -0.926. The van der Waals surface area contributed by atoms with Crippen LogP contribution < -0.4 is 0 Å². The molecule has 0 saturated heterocycles. The highest BCUT2D eigenvalue weighted by Crippen LogP contribution is 2.36. The number of carbonyl (C=O) groups is 1. The Labute approximate surface area is 132 Å². The second kappa shape index (κ2) is 5.55. The molecule has 0 unspecified atom stereocenters. The summed E-state index contributed by atoms with van der Waals surface area (Å²) >= 11 is 12.2. The van der Waals surface area contributed by atoms with E-state index in [1.807, 2.05) is 12.1 Å². The van der Waals surface area contributed by atoms with Gasteiger partial charge in [0, 0.05) is 15.6 Å². The number of benzene rings is 2. The average Bonchev–Trinajstić information content (AvgIpc) is 2.46. The van der Waals surface area contributed by atoms with Crippen LogP contribution in [0.1, 0.15) is 33.5 Å². The summed E-state index contributed by atoms with van der Waals surface area (Å²) < 4.78 is 0. The van der Waals surface area contributed by atoms with Crippen LogP contribution in [-0.4, -0.2) is 11.1 Å². The van der Waals surface area contributed by atoms with Gasteiger partial charge < -0.3 is 5.11 Å². The van der Waals surface area contributed by atoms with Crippen molar-refractivity contribution in [3.63, 3.8) is 0 Å². The number of allylic oxidation sites excluding steroid dienone is 1. The monoisotopic (exact) mass is 318 g/mol. The number of hydrogen-bond acceptors (Lipinski definition) is 1. The summed E-state index contributed by atoms with van der Waals surface area (Å²) in [5, 5.41) is 10.3. The van der Waals surface area contributed by atoms with Crippen LogP contribution in [0.5, 0.6) is 0 Å². The summed E-state index contributed by atoms with van der Waals surface area (Å²) in [6.45, 7) is 0. The molecule has 106 valence electrons. The zero-order valence-electron chi connectivity index (χ0n) is 11.1. The number of carboxylic acid groups (broad SMARTS) is 1. The molecular formula is C17H12Cl2O2. The minimum absolute atomic E-state index is 0.284. The van der Waals surface area contributed by atoms with E-state index in [-0.39, 0.29) is 5.56 Å². The SMILES string of the molecule is O=C(O)c1ccc2c(c1)C(c1ccc(Cl)cc1Cl)=CCC2. The van der Waals surface area contributed by atoms with Gasteiger partial charge in [-0.2, -0.15) is 0 Å². The predicted octanol–water partition coefficient (Wildman–Crippen LogP) is 5.07. The van der Waals surface area contributed by atoms with Crippen molar-refractivity contribution in [3.05, 3.63) is 74.8 Å². The summed E-state index contributed by atoms with van der Waals surface area (Å²) in [5.41, 5.74) is 4.21. The third-order valence-corrected chi connectivity index (χ3v) is 4.18. The van der Waals surface area contributed by atoms with E-state index in [1.54, 1.807) is 24.3 Å². The predicted molar refractivity (Wildman–Crippen MR) is 85.3 cm³/mol. The molecule has 0 radical (unpaired) electrons. The van der Waals surface area contributed by atoms with Gasteiger partial charge >= 0.3 is 5.97 Å². The molecule has 3 rings (SSSR count). The van der Waals surface area contributed by atoms with E-state index in [0.717, 1.165) is 35.1 Å². The molecule has 2 aromatic carbocycles. The van der Waals surface area contributed by atoms with Crippen LogP contribution in [0.2, 0.25) is 10.0 Å². The fraction of sp³-hybridized carbons (Fsp3) is 0.118. The molecule has 1 aliphatic carbocycles. The van der Waals surface area contributed by atoms with Crippen molar-refractivity contribution in [2.45, 2.75) is 12.8 Å². The molecule has 0 bridgehead atoms. The Bertz CT molecular complexity index is 763. The van der Waals surface area contributed by atoms with Gasteiger partial charge in [0.25, 0.3) is 0 Å². The first-order valence-corrected chi connectivity index (χ1v) is 7.34. The molecule has 0 aromatic heterocycles. The van der Waals surface area contributed by atoms with Crippen molar-refractivity contribution in [2.24, 2.45) is 0 Å². The normalized spacial score (nSPS) is 13.5.